The molecule has 0 aromatic carbocycles. The molecular formula is C5H4BrN4+. The topological polar surface area (TPSA) is 55.7 Å². The van der Waals surface area contributed by atoms with Gasteiger partial charge in [0.05, 0.1) is 0 Å². The number of aromatic amines is 2. The normalized spacial score (nSPS) is 10.5. The SMILES string of the molecule is Brc1[nH]c2cnncc2[nH+]1. The Morgan fingerprint density at radius 1 is 1.40 bits per heavy atom. The van der Waals surface area contributed by atoms with Crippen molar-refractivity contribution in [3.63, 3.8) is 0 Å². The number of halogens is 1. The second-order valence-corrected chi connectivity index (χ2v) is 2.67. The van der Waals surface area contributed by atoms with Crippen molar-refractivity contribution < 1.29 is 4.98 Å². The number of hydrogen-bond donors (Lipinski definition) is 1. The van der Waals surface area contributed by atoms with E-state index >= 15 is 0 Å². The summed E-state index contributed by atoms with van der Waals surface area (Å²) < 4.78 is 0.831. The molecule has 4 nitrogen and oxygen atoms in total. The fourth-order valence-electron chi connectivity index (χ4n) is 0.788. The molecule has 5 heteroatoms. The molecule has 0 atom stereocenters. The maximum Gasteiger partial charge on any atom is 0.321 e. The van der Waals surface area contributed by atoms with Crippen LogP contribution >= 0.6 is 15.9 Å². The van der Waals surface area contributed by atoms with Gasteiger partial charge in [-0.05, 0) is 0 Å². The first-order chi connectivity index (χ1) is 4.86. The summed E-state index contributed by atoms with van der Waals surface area (Å²) in [4.78, 5) is 6.03. The van der Waals surface area contributed by atoms with Crippen LogP contribution in [0.4, 0.5) is 0 Å². The van der Waals surface area contributed by atoms with Crippen molar-refractivity contribution in [2.45, 2.75) is 0 Å². The van der Waals surface area contributed by atoms with Gasteiger partial charge >= 0.3 is 4.73 Å². The summed E-state index contributed by atoms with van der Waals surface area (Å²) in [5, 5.41) is 7.41. The first-order valence-corrected chi connectivity index (χ1v) is 3.53. The molecule has 0 aliphatic rings. The minimum Gasteiger partial charge on any atom is -0.229 e. The summed E-state index contributed by atoms with van der Waals surface area (Å²) in [5.74, 6) is 0. The van der Waals surface area contributed by atoms with Gasteiger partial charge in [0.15, 0.2) is 11.0 Å². The average molecular weight is 200 g/mol. The second kappa shape index (κ2) is 2.02. The Hall–Kier alpha value is -0.970. The number of imidazole rings is 1. The van der Waals surface area contributed by atoms with Crippen LogP contribution in [0.15, 0.2) is 17.1 Å². The zero-order chi connectivity index (χ0) is 6.97. The summed E-state index contributed by atoms with van der Waals surface area (Å²) in [7, 11) is 0. The highest BCUT2D eigenvalue weighted by Gasteiger charge is 2.04. The molecule has 0 saturated heterocycles. The van der Waals surface area contributed by atoms with Crippen molar-refractivity contribution in [3.05, 3.63) is 17.1 Å². The first kappa shape index (κ1) is 5.79. The minimum atomic E-state index is 0.831. The number of H-pyrrole nitrogens is 2. The van der Waals surface area contributed by atoms with Crippen molar-refractivity contribution in [1.82, 2.24) is 15.2 Å². The van der Waals surface area contributed by atoms with Crippen LogP contribution in [0.5, 0.6) is 0 Å². The van der Waals surface area contributed by atoms with Gasteiger partial charge in [0.2, 0.25) is 0 Å². The third-order valence-electron chi connectivity index (χ3n) is 1.22. The van der Waals surface area contributed by atoms with Crippen LogP contribution in [-0.4, -0.2) is 15.2 Å². The first-order valence-electron chi connectivity index (χ1n) is 2.73. The molecule has 2 rings (SSSR count). The van der Waals surface area contributed by atoms with Gasteiger partial charge in [-0.3, -0.25) is 0 Å². The van der Waals surface area contributed by atoms with Crippen molar-refractivity contribution in [2.75, 3.05) is 0 Å². The zero-order valence-corrected chi connectivity index (χ0v) is 6.51. The van der Waals surface area contributed by atoms with Gasteiger partial charge in [-0.15, -0.1) is 0 Å². The van der Waals surface area contributed by atoms with Gasteiger partial charge < -0.3 is 0 Å². The molecule has 2 aromatic heterocycles. The lowest BCUT2D eigenvalue weighted by Gasteiger charge is -1.74. The Balaban J connectivity index is 2.88. The third kappa shape index (κ3) is 0.786. The van der Waals surface area contributed by atoms with Gasteiger partial charge in [-0.2, -0.15) is 10.2 Å². The van der Waals surface area contributed by atoms with E-state index in [1.165, 1.54) is 0 Å². The fourth-order valence-corrected chi connectivity index (χ4v) is 1.22. The predicted octanol–water partition coefficient (Wildman–Crippen LogP) is 0.534. The van der Waals surface area contributed by atoms with Gasteiger partial charge in [0.1, 0.15) is 12.4 Å². The lowest BCUT2D eigenvalue weighted by Crippen LogP contribution is -1.98. The van der Waals surface area contributed by atoms with Gasteiger partial charge in [0, 0.05) is 15.9 Å². The Morgan fingerprint density at radius 3 is 3.00 bits per heavy atom. The lowest BCUT2D eigenvalue weighted by atomic mass is 10.5. The van der Waals surface area contributed by atoms with Crippen molar-refractivity contribution >= 4 is 27.0 Å². The van der Waals surface area contributed by atoms with Gasteiger partial charge in [0.25, 0.3) is 0 Å². The molecule has 0 radical (unpaired) electrons. The quantitative estimate of drug-likeness (QED) is 0.674. The molecule has 2 aromatic rings. The maximum absolute atomic E-state index is 3.70. The largest absolute Gasteiger partial charge is 0.321 e. The molecular weight excluding hydrogens is 196 g/mol. The van der Waals surface area contributed by atoms with Crippen LogP contribution in [-0.2, 0) is 0 Å². The molecule has 2 N–H and O–H groups in total. The summed E-state index contributed by atoms with van der Waals surface area (Å²) >= 11 is 3.26. The maximum atomic E-state index is 3.70. The smallest absolute Gasteiger partial charge is 0.229 e. The van der Waals surface area contributed by atoms with Crippen LogP contribution < -0.4 is 4.98 Å². The molecule has 0 aliphatic heterocycles. The number of fused-ring (bicyclic) bond motifs is 1. The highest BCUT2D eigenvalue weighted by Crippen LogP contribution is 2.05. The molecule has 0 amide bonds. The van der Waals surface area contributed by atoms with Crippen LogP contribution in [0.2, 0.25) is 0 Å². The van der Waals surface area contributed by atoms with Gasteiger partial charge in [-0.25, -0.2) is 9.97 Å². The van der Waals surface area contributed by atoms with E-state index in [9.17, 15) is 0 Å². The molecule has 0 bridgehead atoms. The molecule has 0 saturated carbocycles. The van der Waals surface area contributed by atoms with Crippen LogP contribution in [0.1, 0.15) is 0 Å². The van der Waals surface area contributed by atoms with Crippen LogP contribution in [0.3, 0.4) is 0 Å². The third-order valence-corrected chi connectivity index (χ3v) is 1.62. The van der Waals surface area contributed by atoms with Crippen molar-refractivity contribution in [2.24, 2.45) is 0 Å². The Labute approximate surface area is 64.8 Å². The molecule has 2 heterocycles. The molecule has 50 valence electrons. The van der Waals surface area contributed by atoms with E-state index in [4.69, 9.17) is 0 Å². The van der Waals surface area contributed by atoms with Gasteiger partial charge in [-0.1, -0.05) is 0 Å². The molecule has 0 spiro atoms. The lowest BCUT2D eigenvalue weighted by molar-refractivity contribution is -0.359. The average Bonchev–Trinajstić information content (AvgIpc) is 2.27. The highest BCUT2D eigenvalue weighted by molar-refractivity contribution is 9.10. The van der Waals surface area contributed by atoms with E-state index in [0.717, 1.165) is 15.8 Å². The second-order valence-electron chi connectivity index (χ2n) is 1.88. The summed E-state index contributed by atoms with van der Waals surface area (Å²) in [6.45, 7) is 0. The van der Waals surface area contributed by atoms with E-state index in [0.29, 0.717) is 0 Å². The predicted molar refractivity (Wildman–Crippen MR) is 38.1 cm³/mol. The molecule has 0 aliphatic carbocycles. The minimum absolute atomic E-state index is 0.831. The van der Waals surface area contributed by atoms with E-state index < -0.39 is 0 Å². The standard InChI is InChI=1S/C5H3BrN4/c6-5-9-3-1-7-8-2-4(3)10-5/h1-2H,(H,9,10)/p+1. The molecule has 0 unspecified atom stereocenters. The molecule has 10 heavy (non-hydrogen) atoms. The number of nitrogens with one attached hydrogen (secondary N) is 2. The number of hydrogen-bond acceptors (Lipinski definition) is 2. The van der Waals surface area contributed by atoms with E-state index in [1.807, 2.05) is 0 Å². The summed E-state index contributed by atoms with van der Waals surface area (Å²) in [5.41, 5.74) is 1.89. The zero-order valence-electron chi connectivity index (χ0n) is 4.93. The summed E-state index contributed by atoms with van der Waals surface area (Å²) in [6.07, 6.45) is 3.33. The Morgan fingerprint density at radius 2 is 2.20 bits per heavy atom. The fraction of sp³-hybridized carbons (Fsp3) is 0. The van der Waals surface area contributed by atoms with E-state index in [2.05, 4.69) is 36.1 Å². The number of rotatable bonds is 0. The highest BCUT2D eigenvalue weighted by atomic mass is 79.9. The monoisotopic (exact) mass is 199 g/mol. The van der Waals surface area contributed by atoms with E-state index in [-0.39, 0.29) is 0 Å². The number of aromatic nitrogens is 4. The summed E-state index contributed by atoms with van der Waals surface area (Å²) in [6, 6.07) is 0. The molecule has 0 fully saturated rings. The Bertz CT molecular complexity index is 322. The van der Waals surface area contributed by atoms with Crippen LogP contribution in [0, 0.1) is 0 Å². The van der Waals surface area contributed by atoms with Crippen LogP contribution in [0.25, 0.3) is 11.0 Å². The van der Waals surface area contributed by atoms with Crippen molar-refractivity contribution in [1.29, 1.82) is 0 Å². The number of nitrogens with zero attached hydrogens (tertiary/aromatic N) is 2. The van der Waals surface area contributed by atoms with Crippen molar-refractivity contribution in [3.8, 4) is 0 Å². The van der Waals surface area contributed by atoms with E-state index in [1.54, 1.807) is 12.4 Å². The Kier molecular flexibility index (Phi) is 1.17.